The van der Waals surface area contributed by atoms with Crippen molar-refractivity contribution in [3.63, 3.8) is 0 Å². The highest BCUT2D eigenvalue weighted by Crippen LogP contribution is 2.22. The molecule has 0 spiro atoms. The molecular weight excluding hydrogens is 214 g/mol. The predicted octanol–water partition coefficient (Wildman–Crippen LogP) is 2.54. The molecule has 0 fully saturated rings. The van der Waals surface area contributed by atoms with Crippen LogP contribution in [0.5, 0.6) is 5.88 Å². The van der Waals surface area contributed by atoms with Crippen molar-refractivity contribution in [2.24, 2.45) is 5.92 Å². The molecule has 0 aromatic carbocycles. The first-order valence-electron chi connectivity index (χ1n) is 6.15. The van der Waals surface area contributed by atoms with E-state index >= 15 is 0 Å². The molecule has 1 aromatic heterocycles. The molecule has 0 saturated carbocycles. The Morgan fingerprint density at radius 3 is 2.71 bits per heavy atom. The number of hydrogen-bond acceptors (Lipinski definition) is 4. The van der Waals surface area contributed by atoms with Gasteiger partial charge in [-0.3, -0.25) is 0 Å². The highest BCUT2D eigenvalue weighted by atomic mass is 16.5. The zero-order chi connectivity index (χ0) is 12.8. The Morgan fingerprint density at radius 1 is 1.41 bits per heavy atom. The molecule has 0 aliphatic carbocycles. The predicted molar refractivity (Wildman–Crippen MR) is 72.5 cm³/mol. The number of ether oxygens (including phenoxy) is 1. The minimum absolute atomic E-state index is 0.529. The molecule has 1 aromatic rings. The van der Waals surface area contributed by atoms with Gasteiger partial charge in [0, 0.05) is 13.6 Å². The van der Waals surface area contributed by atoms with Gasteiger partial charge in [-0.05, 0) is 31.4 Å². The quantitative estimate of drug-likeness (QED) is 0.826. The minimum Gasteiger partial charge on any atom is -0.476 e. The van der Waals surface area contributed by atoms with Crippen LogP contribution in [0.1, 0.15) is 27.2 Å². The number of nitrogen functional groups attached to an aromatic ring is 1. The van der Waals surface area contributed by atoms with Crippen molar-refractivity contribution in [1.29, 1.82) is 0 Å². The number of rotatable bonds is 6. The number of aromatic nitrogens is 1. The van der Waals surface area contributed by atoms with E-state index in [1.165, 1.54) is 0 Å². The SMILES string of the molecule is CCOc1nc(N(C)CCC(C)C)ccc1N. The highest BCUT2D eigenvalue weighted by molar-refractivity contribution is 5.54. The molecular formula is C13H23N3O. The summed E-state index contributed by atoms with van der Waals surface area (Å²) >= 11 is 0. The summed E-state index contributed by atoms with van der Waals surface area (Å²) in [6, 6.07) is 3.78. The third-order valence-electron chi connectivity index (χ3n) is 2.59. The number of hydrogen-bond donors (Lipinski definition) is 1. The van der Waals surface area contributed by atoms with Gasteiger partial charge in [0.15, 0.2) is 0 Å². The maximum absolute atomic E-state index is 5.79. The third kappa shape index (κ3) is 4.13. The summed E-state index contributed by atoms with van der Waals surface area (Å²) in [5.41, 5.74) is 6.38. The standard InChI is InChI=1S/C13H23N3O/c1-5-17-13-11(14)6-7-12(15-13)16(4)9-8-10(2)3/h6-7,10H,5,8-9,14H2,1-4H3. The molecule has 0 radical (unpaired) electrons. The average Bonchev–Trinajstić information content (AvgIpc) is 2.29. The topological polar surface area (TPSA) is 51.4 Å². The number of nitrogens with two attached hydrogens (primary N) is 1. The summed E-state index contributed by atoms with van der Waals surface area (Å²) in [6.45, 7) is 7.93. The smallest absolute Gasteiger partial charge is 0.239 e. The van der Waals surface area contributed by atoms with Crippen LogP contribution in [0.4, 0.5) is 11.5 Å². The summed E-state index contributed by atoms with van der Waals surface area (Å²) in [4.78, 5) is 6.55. The van der Waals surface area contributed by atoms with E-state index in [9.17, 15) is 0 Å². The van der Waals surface area contributed by atoms with Crippen LogP contribution in [0.15, 0.2) is 12.1 Å². The summed E-state index contributed by atoms with van der Waals surface area (Å²) in [6.07, 6.45) is 1.15. The van der Waals surface area contributed by atoms with E-state index in [1.54, 1.807) is 0 Å². The van der Waals surface area contributed by atoms with Crippen LogP contribution in [-0.2, 0) is 0 Å². The van der Waals surface area contributed by atoms with Crippen LogP contribution in [0.3, 0.4) is 0 Å². The Balaban J connectivity index is 2.73. The van der Waals surface area contributed by atoms with Gasteiger partial charge in [0.25, 0.3) is 0 Å². The lowest BCUT2D eigenvalue weighted by atomic mass is 10.1. The molecule has 0 aliphatic rings. The number of nitrogens with zero attached hydrogens (tertiary/aromatic N) is 2. The molecule has 0 atom stereocenters. The van der Waals surface area contributed by atoms with E-state index in [-0.39, 0.29) is 0 Å². The first-order valence-corrected chi connectivity index (χ1v) is 6.15. The van der Waals surface area contributed by atoms with Crippen molar-refractivity contribution >= 4 is 11.5 Å². The normalized spacial score (nSPS) is 10.6. The van der Waals surface area contributed by atoms with Gasteiger partial charge >= 0.3 is 0 Å². The van der Waals surface area contributed by atoms with E-state index < -0.39 is 0 Å². The van der Waals surface area contributed by atoms with Gasteiger partial charge in [0.05, 0.1) is 12.3 Å². The highest BCUT2D eigenvalue weighted by Gasteiger charge is 2.08. The van der Waals surface area contributed by atoms with E-state index in [4.69, 9.17) is 10.5 Å². The Kier molecular flexibility index (Phi) is 5.07. The van der Waals surface area contributed by atoms with Gasteiger partial charge in [0.2, 0.25) is 5.88 Å². The lowest BCUT2D eigenvalue weighted by Gasteiger charge is -2.20. The fraction of sp³-hybridized carbons (Fsp3) is 0.615. The molecule has 96 valence electrons. The zero-order valence-corrected chi connectivity index (χ0v) is 11.2. The van der Waals surface area contributed by atoms with Crippen LogP contribution in [0.25, 0.3) is 0 Å². The van der Waals surface area contributed by atoms with Crippen molar-refractivity contribution < 1.29 is 4.74 Å². The lowest BCUT2D eigenvalue weighted by Crippen LogP contribution is -2.21. The molecule has 0 unspecified atom stereocenters. The largest absolute Gasteiger partial charge is 0.476 e. The summed E-state index contributed by atoms with van der Waals surface area (Å²) in [5.74, 6) is 2.13. The molecule has 0 aliphatic heterocycles. The second-order valence-corrected chi connectivity index (χ2v) is 4.60. The molecule has 4 nitrogen and oxygen atoms in total. The molecule has 17 heavy (non-hydrogen) atoms. The van der Waals surface area contributed by atoms with Crippen molar-refractivity contribution in [2.75, 3.05) is 30.8 Å². The average molecular weight is 237 g/mol. The van der Waals surface area contributed by atoms with Crippen LogP contribution in [0, 0.1) is 5.92 Å². The fourth-order valence-corrected chi connectivity index (χ4v) is 1.47. The van der Waals surface area contributed by atoms with E-state index in [0.717, 1.165) is 18.8 Å². The fourth-order valence-electron chi connectivity index (χ4n) is 1.47. The van der Waals surface area contributed by atoms with Crippen molar-refractivity contribution in [1.82, 2.24) is 4.98 Å². The maximum atomic E-state index is 5.79. The van der Waals surface area contributed by atoms with Crippen LogP contribution >= 0.6 is 0 Å². The second kappa shape index (κ2) is 6.33. The molecule has 1 rings (SSSR count). The Labute approximate surface area is 104 Å². The molecule has 0 amide bonds. The Morgan fingerprint density at radius 2 is 2.12 bits per heavy atom. The van der Waals surface area contributed by atoms with E-state index in [1.807, 2.05) is 26.1 Å². The molecule has 0 saturated heterocycles. The molecule has 0 bridgehead atoms. The van der Waals surface area contributed by atoms with Gasteiger partial charge in [-0.2, -0.15) is 4.98 Å². The van der Waals surface area contributed by atoms with Crippen molar-refractivity contribution in [3.05, 3.63) is 12.1 Å². The zero-order valence-electron chi connectivity index (χ0n) is 11.2. The van der Waals surface area contributed by atoms with Gasteiger partial charge in [-0.15, -0.1) is 0 Å². The van der Waals surface area contributed by atoms with Gasteiger partial charge in [-0.1, -0.05) is 13.8 Å². The van der Waals surface area contributed by atoms with Crippen LogP contribution in [0.2, 0.25) is 0 Å². The van der Waals surface area contributed by atoms with Gasteiger partial charge in [0.1, 0.15) is 5.82 Å². The lowest BCUT2D eigenvalue weighted by molar-refractivity contribution is 0.329. The third-order valence-corrected chi connectivity index (χ3v) is 2.59. The first kappa shape index (κ1) is 13.6. The number of pyridine rings is 1. The summed E-state index contributed by atoms with van der Waals surface area (Å²) in [5, 5.41) is 0. The second-order valence-electron chi connectivity index (χ2n) is 4.60. The maximum Gasteiger partial charge on any atom is 0.239 e. The molecule has 4 heteroatoms. The first-order chi connectivity index (χ1) is 8.04. The molecule has 2 N–H and O–H groups in total. The van der Waals surface area contributed by atoms with Crippen molar-refractivity contribution in [2.45, 2.75) is 27.2 Å². The van der Waals surface area contributed by atoms with Gasteiger partial charge in [-0.25, -0.2) is 0 Å². The summed E-state index contributed by atoms with van der Waals surface area (Å²) < 4.78 is 5.39. The van der Waals surface area contributed by atoms with Crippen LogP contribution in [-0.4, -0.2) is 25.2 Å². The monoisotopic (exact) mass is 237 g/mol. The number of anilines is 2. The molecule has 1 heterocycles. The van der Waals surface area contributed by atoms with E-state index in [0.29, 0.717) is 24.1 Å². The summed E-state index contributed by atoms with van der Waals surface area (Å²) in [7, 11) is 2.04. The minimum atomic E-state index is 0.529. The van der Waals surface area contributed by atoms with Crippen LogP contribution < -0.4 is 15.4 Å². The van der Waals surface area contributed by atoms with Gasteiger partial charge < -0.3 is 15.4 Å². The Bertz CT molecular complexity index is 353. The Hall–Kier alpha value is -1.45. The van der Waals surface area contributed by atoms with E-state index in [2.05, 4.69) is 23.7 Å². The van der Waals surface area contributed by atoms with Crippen molar-refractivity contribution in [3.8, 4) is 5.88 Å².